The van der Waals surface area contributed by atoms with Crippen LogP contribution in [-0.4, -0.2) is 48.5 Å². The van der Waals surface area contributed by atoms with Crippen molar-refractivity contribution in [2.75, 3.05) is 18.8 Å². The molecule has 1 aliphatic heterocycles. The average molecular weight is 428 g/mol. The number of carbonyl (C=O) groups excluding carboxylic acids is 1. The molecular weight excluding hydrogens is 406 g/mol. The van der Waals surface area contributed by atoms with E-state index < -0.39 is 10.0 Å². The molecule has 2 aromatic rings. The van der Waals surface area contributed by atoms with Crippen LogP contribution in [0.2, 0.25) is 5.02 Å². The number of hydrogen-bond acceptors (Lipinski definition) is 5. The quantitative estimate of drug-likeness (QED) is 0.766. The van der Waals surface area contributed by atoms with Gasteiger partial charge < -0.3 is 5.32 Å². The van der Waals surface area contributed by atoms with Gasteiger partial charge in [-0.1, -0.05) is 30.7 Å². The number of amides is 1. The molecule has 1 aromatic heterocycles. The van der Waals surface area contributed by atoms with Gasteiger partial charge in [0.25, 0.3) is 5.91 Å². The summed E-state index contributed by atoms with van der Waals surface area (Å²) >= 11 is 7.30. The first-order valence-corrected chi connectivity index (χ1v) is 11.8. The molecule has 0 aliphatic carbocycles. The van der Waals surface area contributed by atoms with Gasteiger partial charge in [0.1, 0.15) is 10.7 Å². The van der Waals surface area contributed by atoms with Gasteiger partial charge in [0.05, 0.1) is 5.75 Å². The summed E-state index contributed by atoms with van der Waals surface area (Å²) < 4.78 is 25.8. The first-order chi connectivity index (χ1) is 12.9. The highest BCUT2D eigenvalue weighted by molar-refractivity contribution is 7.89. The lowest BCUT2D eigenvalue weighted by Crippen LogP contribution is -2.47. The number of rotatable bonds is 6. The van der Waals surface area contributed by atoms with Gasteiger partial charge >= 0.3 is 0 Å². The summed E-state index contributed by atoms with van der Waals surface area (Å²) in [7, 11) is -3.17. The van der Waals surface area contributed by atoms with E-state index in [2.05, 4.69) is 10.3 Å². The Bertz CT molecular complexity index is 889. The van der Waals surface area contributed by atoms with Gasteiger partial charge in [0.2, 0.25) is 10.0 Å². The van der Waals surface area contributed by atoms with Crippen LogP contribution in [0.4, 0.5) is 0 Å². The van der Waals surface area contributed by atoms with Gasteiger partial charge in [-0.3, -0.25) is 4.79 Å². The van der Waals surface area contributed by atoms with E-state index in [-0.39, 0.29) is 17.7 Å². The average Bonchev–Trinajstić information content (AvgIpc) is 3.13. The molecule has 6 nitrogen and oxygen atoms in total. The number of nitrogens with zero attached hydrogens (tertiary/aromatic N) is 2. The van der Waals surface area contributed by atoms with Crippen LogP contribution < -0.4 is 5.32 Å². The lowest BCUT2D eigenvalue weighted by Gasteiger charge is -2.31. The fourth-order valence-electron chi connectivity index (χ4n) is 3.03. The summed E-state index contributed by atoms with van der Waals surface area (Å²) in [6, 6.07) is 7.28. The molecule has 27 heavy (non-hydrogen) atoms. The summed E-state index contributed by atoms with van der Waals surface area (Å²) in [5.74, 6) is -0.0441. The molecule has 1 N–H and O–H groups in total. The smallest absolute Gasteiger partial charge is 0.270 e. The largest absolute Gasteiger partial charge is 0.348 e. The number of nitrogens with one attached hydrogen (secondary N) is 1. The van der Waals surface area contributed by atoms with Crippen molar-refractivity contribution in [1.82, 2.24) is 14.6 Å². The van der Waals surface area contributed by atoms with Gasteiger partial charge in [-0.15, -0.1) is 11.3 Å². The van der Waals surface area contributed by atoms with Gasteiger partial charge in [0.15, 0.2) is 0 Å². The zero-order valence-corrected chi connectivity index (χ0v) is 17.4. The molecule has 146 valence electrons. The fourth-order valence-corrected chi connectivity index (χ4v) is 5.50. The van der Waals surface area contributed by atoms with Gasteiger partial charge in [-0.25, -0.2) is 17.7 Å². The van der Waals surface area contributed by atoms with Crippen LogP contribution in [0.1, 0.15) is 36.7 Å². The van der Waals surface area contributed by atoms with Crippen LogP contribution in [0, 0.1) is 0 Å². The van der Waals surface area contributed by atoms with Crippen LogP contribution in [0.15, 0.2) is 29.6 Å². The summed E-state index contributed by atoms with van der Waals surface area (Å²) in [4.78, 5) is 16.9. The zero-order chi connectivity index (χ0) is 19.4. The predicted octanol–water partition coefficient (Wildman–Crippen LogP) is 3.40. The number of halogens is 1. The van der Waals surface area contributed by atoms with Crippen molar-refractivity contribution in [1.29, 1.82) is 0 Å². The van der Waals surface area contributed by atoms with Gasteiger partial charge in [-0.05, 0) is 31.4 Å². The molecule has 0 spiro atoms. The maximum Gasteiger partial charge on any atom is 0.270 e. The van der Waals surface area contributed by atoms with E-state index >= 15 is 0 Å². The second-order valence-corrected chi connectivity index (χ2v) is 9.89. The van der Waals surface area contributed by atoms with E-state index in [4.69, 9.17) is 11.6 Å². The molecule has 2 heterocycles. The highest BCUT2D eigenvalue weighted by Gasteiger charge is 2.28. The third-order valence-corrected chi connectivity index (χ3v) is 7.69. The lowest BCUT2D eigenvalue weighted by molar-refractivity contribution is 0.0919. The molecule has 0 atom stereocenters. The second-order valence-electron chi connectivity index (χ2n) is 6.51. The summed E-state index contributed by atoms with van der Waals surface area (Å²) in [6.45, 7) is 2.75. The number of benzene rings is 1. The SMILES string of the molecule is CCCS(=O)(=O)N1CCC(NC(=O)c2csc(-c3ccc(Cl)cc3)n2)CC1. The number of piperidine rings is 1. The summed E-state index contributed by atoms with van der Waals surface area (Å²) in [6.07, 6.45) is 1.84. The first-order valence-electron chi connectivity index (χ1n) is 8.89. The lowest BCUT2D eigenvalue weighted by atomic mass is 10.1. The monoisotopic (exact) mass is 427 g/mol. The highest BCUT2D eigenvalue weighted by atomic mass is 35.5. The molecule has 9 heteroatoms. The minimum absolute atomic E-state index is 0.0359. The standard InChI is InChI=1S/C18H22ClN3O3S2/c1-2-11-27(24,25)22-9-7-15(8-10-22)20-17(23)16-12-26-18(21-16)13-3-5-14(19)6-4-13/h3-6,12,15H,2,7-11H2,1H3,(H,20,23). The van der Waals surface area contributed by atoms with Crippen molar-refractivity contribution >= 4 is 38.9 Å². The van der Waals surface area contributed by atoms with E-state index in [0.29, 0.717) is 43.1 Å². The maximum atomic E-state index is 12.5. The third kappa shape index (κ3) is 5.07. The second kappa shape index (κ2) is 8.68. The van der Waals surface area contributed by atoms with Crippen molar-refractivity contribution in [3.63, 3.8) is 0 Å². The Morgan fingerprint density at radius 1 is 1.30 bits per heavy atom. The van der Waals surface area contributed by atoms with E-state index in [0.717, 1.165) is 10.6 Å². The Morgan fingerprint density at radius 2 is 1.96 bits per heavy atom. The van der Waals surface area contributed by atoms with Crippen molar-refractivity contribution in [2.45, 2.75) is 32.2 Å². The van der Waals surface area contributed by atoms with Crippen LogP contribution in [-0.2, 0) is 10.0 Å². The Balaban J connectivity index is 1.57. The Hall–Kier alpha value is -1.48. The van der Waals surface area contributed by atoms with Gasteiger partial charge in [0, 0.05) is 35.1 Å². The van der Waals surface area contributed by atoms with Crippen molar-refractivity contribution < 1.29 is 13.2 Å². The normalized spacial score (nSPS) is 16.4. The number of aromatic nitrogens is 1. The van der Waals surface area contributed by atoms with Crippen LogP contribution in [0.3, 0.4) is 0 Å². The van der Waals surface area contributed by atoms with E-state index in [1.807, 2.05) is 19.1 Å². The molecule has 0 saturated carbocycles. The Kier molecular flexibility index (Phi) is 6.52. The molecule has 1 saturated heterocycles. The summed E-state index contributed by atoms with van der Waals surface area (Å²) in [5.41, 5.74) is 1.30. The first kappa shape index (κ1) is 20.3. The zero-order valence-electron chi connectivity index (χ0n) is 15.0. The molecule has 0 unspecified atom stereocenters. The molecular formula is C18H22ClN3O3S2. The summed E-state index contributed by atoms with van der Waals surface area (Å²) in [5, 5.41) is 6.13. The Labute approximate surface area is 168 Å². The molecule has 1 aliphatic rings. The number of hydrogen-bond donors (Lipinski definition) is 1. The van der Waals surface area contributed by atoms with Crippen molar-refractivity contribution in [3.8, 4) is 10.6 Å². The van der Waals surface area contributed by atoms with E-state index in [9.17, 15) is 13.2 Å². The third-order valence-electron chi connectivity index (χ3n) is 4.47. The molecule has 3 rings (SSSR count). The minimum Gasteiger partial charge on any atom is -0.348 e. The molecule has 1 amide bonds. The van der Waals surface area contributed by atoms with Crippen LogP contribution >= 0.6 is 22.9 Å². The fraction of sp³-hybridized carbons (Fsp3) is 0.444. The molecule has 1 fully saturated rings. The van der Waals surface area contributed by atoms with Gasteiger partial charge in [-0.2, -0.15) is 0 Å². The Morgan fingerprint density at radius 3 is 2.59 bits per heavy atom. The molecule has 0 bridgehead atoms. The molecule has 0 radical (unpaired) electrons. The van der Waals surface area contributed by atoms with E-state index in [1.54, 1.807) is 17.5 Å². The number of sulfonamides is 1. The van der Waals surface area contributed by atoms with Crippen LogP contribution in [0.25, 0.3) is 10.6 Å². The van der Waals surface area contributed by atoms with E-state index in [1.165, 1.54) is 15.6 Å². The van der Waals surface area contributed by atoms with Crippen LogP contribution in [0.5, 0.6) is 0 Å². The van der Waals surface area contributed by atoms with Crippen molar-refractivity contribution in [3.05, 3.63) is 40.4 Å². The van der Waals surface area contributed by atoms with Crippen molar-refractivity contribution in [2.24, 2.45) is 0 Å². The maximum absolute atomic E-state index is 12.5. The minimum atomic E-state index is -3.17. The number of thiazole rings is 1. The highest BCUT2D eigenvalue weighted by Crippen LogP contribution is 2.25. The predicted molar refractivity (Wildman–Crippen MR) is 109 cm³/mol. The molecule has 1 aromatic carbocycles. The number of carbonyl (C=O) groups is 1. The topological polar surface area (TPSA) is 79.4 Å².